The Balaban J connectivity index is 1.93. The number of hydrogen-bond donors (Lipinski definition) is 0. The van der Waals surface area contributed by atoms with E-state index in [1.807, 2.05) is 30.3 Å². The zero-order valence-electron chi connectivity index (χ0n) is 15.7. The van der Waals surface area contributed by atoms with Crippen molar-refractivity contribution in [3.05, 3.63) is 48.6 Å². The Morgan fingerprint density at radius 3 is 2.41 bits per heavy atom. The second kappa shape index (κ2) is 7.64. The van der Waals surface area contributed by atoms with Crippen LogP contribution >= 0.6 is 0 Å². The van der Waals surface area contributed by atoms with Crippen molar-refractivity contribution in [3.63, 3.8) is 0 Å². The molecule has 1 fully saturated rings. The number of nitrogens with zero attached hydrogens (tertiary/aromatic N) is 1. The molecule has 3 rings (SSSR count). The van der Waals surface area contributed by atoms with Crippen LogP contribution < -0.4 is 0 Å². The largest absolute Gasteiger partial charge is 0.465 e. The third-order valence-corrected chi connectivity index (χ3v) is 5.21. The van der Waals surface area contributed by atoms with Crippen LogP contribution in [0, 0.1) is 11.3 Å². The molecule has 3 atom stereocenters. The van der Waals surface area contributed by atoms with Gasteiger partial charge in [0.25, 0.3) is 0 Å². The maximum atomic E-state index is 12.8. The lowest BCUT2D eigenvalue weighted by atomic mass is 9.85. The standard InChI is InChI=1S/C21H25NO5/c1-4-16-12-20(18(23)25-5-2,19(24)26-6-3)14-21(16)22-13-17(27-21)15-10-8-7-9-11-15/h4,7-11,13,16-17H,1,5-6,12,14H2,2-3H3/t16-,17-,21+/m0/s1. The second-order valence-electron chi connectivity index (χ2n) is 6.82. The molecule has 2 aliphatic rings. The molecule has 0 N–H and O–H groups in total. The number of esters is 2. The van der Waals surface area contributed by atoms with Crippen molar-refractivity contribution in [3.8, 4) is 0 Å². The molecule has 6 heteroatoms. The molecule has 144 valence electrons. The summed E-state index contributed by atoms with van der Waals surface area (Å²) >= 11 is 0. The molecule has 0 unspecified atom stereocenters. The molecule has 0 bridgehead atoms. The molecule has 1 aliphatic carbocycles. The summed E-state index contributed by atoms with van der Waals surface area (Å²) < 4.78 is 16.7. The van der Waals surface area contributed by atoms with E-state index in [0.29, 0.717) is 0 Å². The van der Waals surface area contributed by atoms with Crippen LogP contribution in [0.3, 0.4) is 0 Å². The van der Waals surface area contributed by atoms with Crippen LogP contribution in [0.1, 0.15) is 38.4 Å². The fourth-order valence-corrected chi connectivity index (χ4v) is 3.91. The van der Waals surface area contributed by atoms with Gasteiger partial charge in [-0.15, -0.1) is 6.58 Å². The molecule has 1 aromatic carbocycles. The normalized spacial score (nSPS) is 28.2. The zero-order valence-corrected chi connectivity index (χ0v) is 15.7. The first kappa shape index (κ1) is 19.3. The number of carbonyl (C=O) groups is 2. The molecular formula is C21H25NO5. The predicted molar refractivity (Wildman–Crippen MR) is 100 cm³/mol. The van der Waals surface area contributed by atoms with Crippen LogP contribution in [0.5, 0.6) is 0 Å². The molecule has 6 nitrogen and oxygen atoms in total. The van der Waals surface area contributed by atoms with Gasteiger partial charge in [0.05, 0.1) is 13.2 Å². The third kappa shape index (κ3) is 3.30. The Labute approximate surface area is 159 Å². The maximum absolute atomic E-state index is 12.8. The van der Waals surface area contributed by atoms with E-state index in [1.54, 1.807) is 26.1 Å². The lowest BCUT2D eigenvalue weighted by Gasteiger charge is -2.28. The Morgan fingerprint density at radius 2 is 1.85 bits per heavy atom. The molecule has 27 heavy (non-hydrogen) atoms. The number of rotatable bonds is 6. The van der Waals surface area contributed by atoms with Crippen molar-refractivity contribution in [2.45, 2.75) is 38.5 Å². The summed E-state index contributed by atoms with van der Waals surface area (Å²) in [7, 11) is 0. The topological polar surface area (TPSA) is 74.2 Å². The van der Waals surface area contributed by atoms with Crippen molar-refractivity contribution in [2.24, 2.45) is 16.3 Å². The van der Waals surface area contributed by atoms with Gasteiger partial charge < -0.3 is 14.2 Å². The maximum Gasteiger partial charge on any atom is 0.323 e. The van der Waals surface area contributed by atoms with Crippen molar-refractivity contribution in [2.75, 3.05) is 13.2 Å². The Hall–Kier alpha value is -2.47. The number of aliphatic imine (C=N–C) groups is 1. The highest BCUT2D eigenvalue weighted by Gasteiger charge is 2.65. The summed E-state index contributed by atoms with van der Waals surface area (Å²) in [6, 6.07) is 9.70. The quantitative estimate of drug-likeness (QED) is 0.436. The molecule has 0 amide bonds. The predicted octanol–water partition coefficient (Wildman–Crippen LogP) is 3.23. The molecule has 1 saturated carbocycles. The van der Waals surface area contributed by atoms with Crippen LogP contribution in [0.4, 0.5) is 0 Å². The van der Waals surface area contributed by atoms with E-state index < -0.39 is 23.1 Å². The molecule has 0 radical (unpaired) electrons. The minimum atomic E-state index is -1.44. The van der Waals surface area contributed by atoms with Gasteiger partial charge in [0.15, 0.2) is 11.1 Å². The van der Waals surface area contributed by atoms with E-state index in [9.17, 15) is 9.59 Å². The Morgan fingerprint density at radius 1 is 1.22 bits per heavy atom. The van der Waals surface area contributed by atoms with Crippen molar-refractivity contribution in [1.82, 2.24) is 0 Å². The van der Waals surface area contributed by atoms with E-state index in [1.165, 1.54) is 0 Å². The third-order valence-electron chi connectivity index (χ3n) is 5.21. The van der Waals surface area contributed by atoms with Crippen LogP contribution in [0.2, 0.25) is 0 Å². The first-order valence-corrected chi connectivity index (χ1v) is 9.26. The highest BCUT2D eigenvalue weighted by atomic mass is 16.6. The van der Waals surface area contributed by atoms with Crippen LogP contribution in [0.15, 0.2) is 48.0 Å². The SMILES string of the molecule is C=C[C@H]1CC(C(=O)OCC)(C(=O)OCC)C[C@]12N=C[C@@H](c1ccccc1)O2. The number of ether oxygens (including phenoxy) is 3. The zero-order chi connectivity index (χ0) is 19.5. The molecule has 1 aliphatic heterocycles. The molecule has 1 spiro atoms. The van der Waals surface area contributed by atoms with Gasteiger partial charge in [-0.3, -0.25) is 14.6 Å². The number of benzene rings is 1. The summed E-state index contributed by atoms with van der Waals surface area (Å²) in [5, 5.41) is 0. The summed E-state index contributed by atoms with van der Waals surface area (Å²) in [6.45, 7) is 7.66. The van der Waals surface area contributed by atoms with Gasteiger partial charge in [0.1, 0.15) is 6.10 Å². The van der Waals surface area contributed by atoms with Gasteiger partial charge in [-0.2, -0.15) is 0 Å². The number of hydrogen-bond acceptors (Lipinski definition) is 6. The van der Waals surface area contributed by atoms with Gasteiger partial charge >= 0.3 is 11.9 Å². The van der Waals surface area contributed by atoms with Gasteiger partial charge in [0, 0.05) is 18.6 Å². The van der Waals surface area contributed by atoms with Gasteiger partial charge in [0.2, 0.25) is 0 Å². The lowest BCUT2D eigenvalue weighted by molar-refractivity contribution is -0.173. The van der Waals surface area contributed by atoms with E-state index in [-0.39, 0.29) is 38.1 Å². The van der Waals surface area contributed by atoms with E-state index in [0.717, 1.165) is 5.56 Å². The molecule has 0 saturated heterocycles. The van der Waals surface area contributed by atoms with Crippen LogP contribution in [0.25, 0.3) is 0 Å². The first-order valence-electron chi connectivity index (χ1n) is 9.26. The van der Waals surface area contributed by atoms with Gasteiger partial charge in [-0.1, -0.05) is 36.4 Å². The van der Waals surface area contributed by atoms with Crippen molar-refractivity contribution in [1.29, 1.82) is 0 Å². The van der Waals surface area contributed by atoms with Crippen molar-refractivity contribution < 1.29 is 23.8 Å². The number of carbonyl (C=O) groups excluding carboxylic acids is 2. The summed E-state index contributed by atoms with van der Waals surface area (Å²) in [4.78, 5) is 30.2. The fourth-order valence-electron chi connectivity index (χ4n) is 3.91. The van der Waals surface area contributed by atoms with E-state index in [2.05, 4.69) is 11.6 Å². The fraction of sp³-hybridized carbons (Fsp3) is 0.476. The second-order valence-corrected chi connectivity index (χ2v) is 6.82. The smallest absolute Gasteiger partial charge is 0.323 e. The highest BCUT2D eigenvalue weighted by molar-refractivity contribution is 6.01. The average molecular weight is 371 g/mol. The highest BCUT2D eigenvalue weighted by Crippen LogP contribution is 2.55. The van der Waals surface area contributed by atoms with E-state index >= 15 is 0 Å². The van der Waals surface area contributed by atoms with Crippen LogP contribution in [-0.2, 0) is 23.8 Å². The summed E-state index contributed by atoms with van der Waals surface area (Å²) in [5.74, 6) is -1.49. The van der Waals surface area contributed by atoms with Gasteiger partial charge in [-0.05, 0) is 25.8 Å². The molecule has 1 heterocycles. The Kier molecular flexibility index (Phi) is 5.46. The summed E-state index contributed by atoms with van der Waals surface area (Å²) in [5.41, 5.74) is -1.50. The monoisotopic (exact) mass is 371 g/mol. The molecule has 0 aromatic heterocycles. The van der Waals surface area contributed by atoms with Crippen molar-refractivity contribution >= 4 is 18.2 Å². The first-order chi connectivity index (χ1) is 13.0. The summed E-state index contributed by atoms with van der Waals surface area (Å²) in [6.07, 6.45) is 3.37. The van der Waals surface area contributed by atoms with E-state index in [4.69, 9.17) is 14.2 Å². The molecular weight excluding hydrogens is 346 g/mol. The minimum Gasteiger partial charge on any atom is -0.465 e. The van der Waals surface area contributed by atoms with Crippen LogP contribution in [-0.4, -0.2) is 37.1 Å². The van der Waals surface area contributed by atoms with Gasteiger partial charge in [-0.25, -0.2) is 0 Å². The lowest BCUT2D eigenvalue weighted by Crippen LogP contribution is -2.42. The minimum absolute atomic E-state index is 0.0776. The Bertz CT molecular complexity index is 726. The average Bonchev–Trinajstić information content (AvgIpc) is 3.26. The molecule has 1 aromatic rings.